The largest absolute Gasteiger partial charge is 0.350 e. The number of nitrogens with zero attached hydrogens (tertiary/aromatic N) is 1. The van der Waals surface area contributed by atoms with E-state index in [0.29, 0.717) is 0 Å². The molecule has 1 aromatic carbocycles. The third-order valence-corrected chi connectivity index (χ3v) is 2.96. The number of carbonyl (C=O) groups excluding carboxylic acids is 1. The number of nitro benzene ring substituents is 1. The standard InChI is InChI=1S/C11H15ClN4O3/c1-3-6(2)14-11(17)7-4-8(12)10(15-13)9(5-7)16(18)19/h4-6,15H,3,13H2,1-2H3,(H,14,17). The van der Waals surface area contributed by atoms with Crippen LogP contribution in [0.3, 0.4) is 0 Å². The number of anilines is 1. The Kier molecular flexibility index (Phi) is 5.08. The third kappa shape index (κ3) is 3.55. The summed E-state index contributed by atoms with van der Waals surface area (Å²) in [4.78, 5) is 22.2. The van der Waals surface area contributed by atoms with Gasteiger partial charge >= 0.3 is 0 Å². The number of nitrogens with one attached hydrogen (secondary N) is 2. The monoisotopic (exact) mass is 286 g/mol. The summed E-state index contributed by atoms with van der Waals surface area (Å²) in [5.41, 5.74) is 1.91. The van der Waals surface area contributed by atoms with Crippen molar-refractivity contribution in [3.05, 3.63) is 32.8 Å². The van der Waals surface area contributed by atoms with Crippen molar-refractivity contribution in [2.75, 3.05) is 5.43 Å². The molecule has 0 spiro atoms. The highest BCUT2D eigenvalue weighted by Gasteiger charge is 2.21. The Morgan fingerprint density at radius 3 is 2.68 bits per heavy atom. The fourth-order valence-corrected chi connectivity index (χ4v) is 1.69. The van der Waals surface area contributed by atoms with Crippen LogP contribution in [-0.4, -0.2) is 16.9 Å². The number of hydrogen-bond donors (Lipinski definition) is 3. The molecule has 1 amide bonds. The molecule has 0 bridgehead atoms. The van der Waals surface area contributed by atoms with Gasteiger partial charge in [0.1, 0.15) is 5.69 Å². The van der Waals surface area contributed by atoms with Gasteiger partial charge in [0.05, 0.1) is 9.95 Å². The maximum absolute atomic E-state index is 11.9. The van der Waals surface area contributed by atoms with Gasteiger partial charge in [0, 0.05) is 17.7 Å². The molecule has 8 heteroatoms. The molecule has 0 saturated heterocycles. The summed E-state index contributed by atoms with van der Waals surface area (Å²) in [6, 6.07) is 2.44. The number of nitrogen functional groups attached to an aromatic ring is 1. The minimum atomic E-state index is -0.652. The van der Waals surface area contributed by atoms with Crippen LogP contribution < -0.4 is 16.6 Å². The molecule has 0 aliphatic carbocycles. The Morgan fingerprint density at radius 2 is 2.21 bits per heavy atom. The molecule has 0 heterocycles. The van der Waals surface area contributed by atoms with E-state index in [0.717, 1.165) is 12.5 Å². The van der Waals surface area contributed by atoms with Crippen molar-refractivity contribution in [1.29, 1.82) is 0 Å². The molecule has 104 valence electrons. The number of carbonyl (C=O) groups is 1. The molecule has 1 unspecified atom stereocenters. The molecule has 1 atom stereocenters. The SMILES string of the molecule is CCC(C)NC(=O)c1cc(Cl)c(NN)c([N+](=O)[O-])c1. The zero-order valence-electron chi connectivity index (χ0n) is 10.6. The van der Waals surface area contributed by atoms with Gasteiger partial charge in [-0.15, -0.1) is 0 Å². The van der Waals surface area contributed by atoms with Gasteiger partial charge in [0.15, 0.2) is 0 Å². The number of amides is 1. The number of nitro groups is 1. The van der Waals surface area contributed by atoms with Gasteiger partial charge in [-0.2, -0.15) is 0 Å². The average molecular weight is 287 g/mol. The van der Waals surface area contributed by atoms with Gasteiger partial charge in [0.25, 0.3) is 11.6 Å². The topological polar surface area (TPSA) is 110 Å². The van der Waals surface area contributed by atoms with Gasteiger partial charge in [-0.25, -0.2) is 0 Å². The van der Waals surface area contributed by atoms with Gasteiger partial charge < -0.3 is 10.7 Å². The summed E-state index contributed by atoms with van der Waals surface area (Å²) >= 11 is 5.87. The maximum Gasteiger partial charge on any atom is 0.295 e. The van der Waals surface area contributed by atoms with Crippen molar-refractivity contribution < 1.29 is 9.72 Å². The highest BCUT2D eigenvalue weighted by Crippen LogP contribution is 2.32. The molecule has 0 fully saturated rings. The van der Waals surface area contributed by atoms with E-state index in [9.17, 15) is 14.9 Å². The number of rotatable bonds is 5. The van der Waals surface area contributed by atoms with Gasteiger partial charge in [-0.05, 0) is 19.4 Å². The Morgan fingerprint density at radius 1 is 1.58 bits per heavy atom. The van der Waals surface area contributed by atoms with Crippen LogP contribution in [0, 0.1) is 10.1 Å². The van der Waals surface area contributed by atoms with Crippen molar-refractivity contribution in [2.24, 2.45) is 5.84 Å². The molecule has 0 radical (unpaired) electrons. The van der Waals surface area contributed by atoms with E-state index < -0.39 is 10.8 Å². The van der Waals surface area contributed by atoms with E-state index in [4.69, 9.17) is 17.4 Å². The van der Waals surface area contributed by atoms with Crippen LogP contribution in [0.1, 0.15) is 30.6 Å². The van der Waals surface area contributed by atoms with Crippen molar-refractivity contribution in [3.63, 3.8) is 0 Å². The molecule has 1 aromatic rings. The quantitative estimate of drug-likeness (QED) is 0.436. The van der Waals surface area contributed by atoms with Crippen LogP contribution in [0.2, 0.25) is 5.02 Å². The number of halogens is 1. The lowest BCUT2D eigenvalue weighted by molar-refractivity contribution is -0.384. The maximum atomic E-state index is 11.9. The van der Waals surface area contributed by atoms with E-state index in [1.165, 1.54) is 6.07 Å². The minimum Gasteiger partial charge on any atom is -0.350 e. The number of hydrogen-bond acceptors (Lipinski definition) is 5. The van der Waals surface area contributed by atoms with Crippen LogP contribution in [-0.2, 0) is 0 Å². The molecule has 7 nitrogen and oxygen atoms in total. The first-order chi connectivity index (χ1) is 8.90. The molecule has 0 aromatic heterocycles. The second kappa shape index (κ2) is 6.35. The summed E-state index contributed by atoms with van der Waals surface area (Å²) in [5, 5.41) is 13.6. The zero-order valence-corrected chi connectivity index (χ0v) is 11.3. The summed E-state index contributed by atoms with van der Waals surface area (Å²) < 4.78 is 0. The van der Waals surface area contributed by atoms with E-state index in [-0.39, 0.29) is 28.0 Å². The van der Waals surface area contributed by atoms with Crippen molar-refractivity contribution in [3.8, 4) is 0 Å². The smallest absolute Gasteiger partial charge is 0.295 e. The first-order valence-corrected chi connectivity index (χ1v) is 6.03. The summed E-state index contributed by atoms with van der Waals surface area (Å²) in [5.74, 6) is 4.76. The molecule has 19 heavy (non-hydrogen) atoms. The average Bonchev–Trinajstić information content (AvgIpc) is 2.37. The van der Waals surface area contributed by atoms with E-state index in [1.54, 1.807) is 0 Å². The van der Waals surface area contributed by atoms with E-state index in [1.807, 2.05) is 13.8 Å². The lowest BCUT2D eigenvalue weighted by Crippen LogP contribution is -2.32. The molecule has 0 aliphatic rings. The van der Waals surface area contributed by atoms with Crippen LogP contribution in [0.4, 0.5) is 11.4 Å². The van der Waals surface area contributed by atoms with E-state index >= 15 is 0 Å². The molecular formula is C11H15ClN4O3. The fraction of sp³-hybridized carbons (Fsp3) is 0.364. The third-order valence-electron chi connectivity index (χ3n) is 2.66. The predicted molar refractivity (Wildman–Crippen MR) is 73.1 cm³/mol. The van der Waals surface area contributed by atoms with Crippen molar-refractivity contribution in [2.45, 2.75) is 26.3 Å². The molecule has 1 rings (SSSR count). The van der Waals surface area contributed by atoms with Crippen LogP contribution in [0.5, 0.6) is 0 Å². The number of nitrogens with two attached hydrogens (primary N) is 1. The first-order valence-electron chi connectivity index (χ1n) is 5.66. The highest BCUT2D eigenvalue weighted by atomic mass is 35.5. The number of benzene rings is 1. The minimum absolute atomic E-state index is 0.0194. The Hall–Kier alpha value is -1.86. The Labute approximate surface area is 115 Å². The number of hydrazine groups is 1. The van der Waals surface area contributed by atoms with Gasteiger partial charge in [-0.3, -0.25) is 20.8 Å². The summed E-state index contributed by atoms with van der Waals surface area (Å²) in [7, 11) is 0. The Balaban J connectivity index is 3.17. The highest BCUT2D eigenvalue weighted by molar-refractivity contribution is 6.34. The fourth-order valence-electron chi connectivity index (χ4n) is 1.42. The summed E-state index contributed by atoms with van der Waals surface area (Å²) in [6.07, 6.45) is 0.754. The summed E-state index contributed by atoms with van der Waals surface area (Å²) in [6.45, 7) is 3.76. The molecule has 0 saturated carbocycles. The van der Waals surface area contributed by atoms with Crippen molar-refractivity contribution >= 4 is 28.9 Å². The van der Waals surface area contributed by atoms with E-state index in [2.05, 4.69) is 10.7 Å². The lowest BCUT2D eigenvalue weighted by atomic mass is 10.1. The van der Waals surface area contributed by atoms with Gasteiger partial charge in [0.2, 0.25) is 0 Å². The van der Waals surface area contributed by atoms with Gasteiger partial charge in [-0.1, -0.05) is 18.5 Å². The Bertz CT molecular complexity index is 507. The molecular weight excluding hydrogens is 272 g/mol. The second-order valence-electron chi connectivity index (χ2n) is 4.04. The van der Waals surface area contributed by atoms with Crippen LogP contribution >= 0.6 is 11.6 Å². The molecule has 0 aliphatic heterocycles. The predicted octanol–water partition coefficient (Wildman–Crippen LogP) is 2.06. The first kappa shape index (κ1) is 15.2. The zero-order chi connectivity index (χ0) is 14.6. The normalized spacial score (nSPS) is 11.8. The second-order valence-corrected chi connectivity index (χ2v) is 4.44. The molecule has 4 N–H and O–H groups in total. The van der Waals surface area contributed by atoms with Crippen LogP contribution in [0.25, 0.3) is 0 Å². The van der Waals surface area contributed by atoms with Crippen molar-refractivity contribution in [1.82, 2.24) is 5.32 Å². The van der Waals surface area contributed by atoms with Crippen LogP contribution in [0.15, 0.2) is 12.1 Å². The lowest BCUT2D eigenvalue weighted by Gasteiger charge is -2.12.